The number of rotatable bonds is 7. The number of nitrogens with zero attached hydrogens (tertiary/aromatic N) is 1. The van der Waals surface area contributed by atoms with Gasteiger partial charge in [0.05, 0.1) is 17.6 Å². The van der Waals surface area contributed by atoms with Crippen molar-refractivity contribution in [2.45, 2.75) is 69.1 Å². The van der Waals surface area contributed by atoms with Crippen molar-refractivity contribution in [1.29, 1.82) is 0 Å². The lowest BCUT2D eigenvalue weighted by Gasteiger charge is -2.27. The van der Waals surface area contributed by atoms with Gasteiger partial charge in [-0.3, -0.25) is 4.79 Å². The smallest absolute Gasteiger partial charge is 0.257 e. The minimum atomic E-state index is -3.66. The Bertz CT molecular complexity index is 780. The molecule has 0 bridgehead atoms. The molecule has 0 radical (unpaired) electrons. The van der Waals surface area contributed by atoms with Crippen LogP contribution in [0.25, 0.3) is 0 Å². The van der Waals surface area contributed by atoms with Crippen LogP contribution < -0.4 is 9.46 Å². The maximum Gasteiger partial charge on any atom is 0.257 e. The number of methoxy groups -OCH3 is 1. The van der Waals surface area contributed by atoms with Crippen LogP contribution in [0.1, 0.15) is 74.6 Å². The number of nitrogens with one attached hydrogen (secondary N) is 1. The molecule has 1 aromatic rings. The van der Waals surface area contributed by atoms with Gasteiger partial charge in [-0.1, -0.05) is 38.5 Å². The first kappa shape index (κ1) is 22.1. The molecule has 1 amide bonds. The van der Waals surface area contributed by atoms with E-state index in [4.69, 9.17) is 4.74 Å². The highest BCUT2D eigenvalue weighted by Crippen LogP contribution is 2.27. The van der Waals surface area contributed by atoms with Crippen molar-refractivity contribution < 1.29 is 17.9 Å². The minimum absolute atomic E-state index is 0.125. The van der Waals surface area contributed by atoms with Gasteiger partial charge < -0.3 is 9.64 Å². The van der Waals surface area contributed by atoms with Gasteiger partial charge in [-0.05, 0) is 49.8 Å². The van der Waals surface area contributed by atoms with Crippen molar-refractivity contribution in [2.75, 3.05) is 26.7 Å². The van der Waals surface area contributed by atoms with E-state index < -0.39 is 10.0 Å². The van der Waals surface area contributed by atoms with Crippen LogP contribution >= 0.6 is 0 Å². The van der Waals surface area contributed by atoms with Crippen LogP contribution in [0.4, 0.5) is 0 Å². The van der Waals surface area contributed by atoms with E-state index in [1.807, 2.05) is 0 Å². The fourth-order valence-corrected chi connectivity index (χ4v) is 5.50. The molecule has 0 spiro atoms. The zero-order valence-corrected chi connectivity index (χ0v) is 18.3. The third-order valence-electron chi connectivity index (χ3n) is 6.17. The van der Waals surface area contributed by atoms with Crippen molar-refractivity contribution in [3.8, 4) is 5.75 Å². The van der Waals surface area contributed by atoms with Crippen LogP contribution in [-0.2, 0) is 10.0 Å². The molecule has 0 aromatic heterocycles. The molecular formula is C22H34N2O4S. The largest absolute Gasteiger partial charge is 0.496 e. The Balaban J connectivity index is 1.68. The molecule has 2 aliphatic rings. The predicted molar refractivity (Wildman–Crippen MR) is 114 cm³/mol. The lowest BCUT2D eigenvalue weighted by Crippen LogP contribution is -2.36. The first-order valence-corrected chi connectivity index (χ1v) is 12.5. The number of sulfonamides is 1. The van der Waals surface area contributed by atoms with Crippen LogP contribution in [-0.4, -0.2) is 46.0 Å². The fourth-order valence-electron chi connectivity index (χ4n) is 4.42. The van der Waals surface area contributed by atoms with Crippen LogP contribution in [0.2, 0.25) is 0 Å². The van der Waals surface area contributed by atoms with Crippen LogP contribution in [0.15, 0.2) is 23.1 Å². The van der Waals surface area contributed by atoms with Gasteiger partial charge in [0.1, 0.15) is 5.75 Å². The molecule has 1 saturated carbocycles. The summed E-state index contributed by atoms with van der Waals surface area (Å²) >= 11 is 0. The number of hydrogen-bond acceptors (Lipinski definition) is 4. The van der Waals surface area contributed by atoms with Crippen molar-refractivity contribution in [3.05, 3.63) is 23.8 Å². The molecule has 7 heteroatoms. The Morgan fingerprint density at radius 3 is 2.38 bits per heavy atom. The van der Waals surface area contributed by atoms with E-state index in [9.17, 15) is 13.2 Å². The number of carbonyl (C=O) groups excluding carboxylic acids is 1. The zero-order chi connectivity index (χ0) is 20.7. The average Bonchev–Trinajstić information content (AvgIpc) is 3.02. The van der Waals surface area contributed by atoms with E-state index in [0.717, 1.165) is 25.7 Å². The molecule has 1 heterocycles. The lowest BCUT2D eigenvalue weighted by molar-refractivity contribution is 0.0720. The Morgan fingerprint density at radius 1 is 1.07 bits per heavy atom. The summed E-state index contributed by atoms with van der Waals surface area (Å²) in [7, 11) is -2.16. The summed E-state index contributed by atoms with van der Waals surface area (Å²) in [5.41, 5.74) is 0.320. The maximum absolute atomic E-state index is 12.9. The molecule has 6 nitrogen and oxygen atoms in total. The van der Waals surface area contributed by atoms with Gasteiger partial charge in [0, 0.05) is 19.6 Å². The highest BCUT2D eigenvalue weighted by Gasteiger charge is 2.24. The fraction of sp³-hybridized carbons (Fsp3) is 0.682. The standard InChI is InChI=1S/C22H34N2O4S/c1-28-21-12-11-19(17-20(21)22(25)24-15-7-4-8-16-24)29(26,27)23-14-13-18-9-5-2-3-6-10-18/h11-12,17-18,23H,2-10,13-16H2,1H3. The molecule has 1 saturated heterocycles. The van der Waals surface area contributed by atoms with Crippen LogP contribution in [0.5, 0.6) is 5.75 Å². The molecule has 1 aliphatic heterocycles. The highest BCUT2D eigenvalue weighted by atomic mass is 32.2. The van der Waals surface area contributed by atoms with Crippen molar-refractivity contribution >= 4 is 15.9 Å². The summed E-state index contributed by atoms with van der Waals surface area (Å²) in [5.74, 6) is 0.863. The molecule has 0 unspecified atom stereocenters. The average molecular weight is 423 g/mol. The van der Waals surface area contributed by atoms with Gasteiger partial charge >= 0.3 is 0 Å². The van der Waals surface area contributed by atoms with Crippen LogP contribution in [0.3, 0.4) is 0 Å². The Hall–Kier alpha value is -1.60. The van der Waals surface area contributed by atoms with E-state index in [1.54, 1.807) is 11.0 Å². The third-order valence-corrected chi connectivity index (χ3v) is 7.63. The van der Waals surface area contributed by atoms with Gasteiger partial charge in [0.25, 0.3) is 5.91 Å². The summed E-state index contributed by atoms with van der Waals surface area (Å²) in [6.07, 6.45) is 11.4. The van der Waals surface area contributed by atoms with E-state index in [2.05, 4.69) is 4.72 Å². The van der Waals surface area contributed by atoms with Crippen LogP contribution in [0, 0.1) is 5.92 Å². The monoisotopic (exact) mass is 422 g/mol. The van der Waals surface area contributed by atoms with Gasteiger partial charge in [-0.25, -0.2) is 13.1 Å². The number of hydrogen-bond donors (Lipinski definition) is 1. The summed E-state index contributed by atoms with van der Waals surface area (Å²) in [6, 6.07) is 4.56. The van der Waals surface area contributed by atoms with Gasteiger partial charge in [-0.15, -0.1) is 0 Å². The van der Waals surface area contributed by atoms with Crippen molar-refractivity contribution in [1.82, 2.24) is 9.62 Å². The van der Waals surface area contributed by atoms with Gasteiger partial charge in [-0.2, -0.15) is 0 Å². The van der Waals surface area contributed by atoms with Gasteiger partial charge in [0.15, 0.2) is 0 Å². The second kappa shape index (κ2) is 10.4. The number of benzene rings is 1. The Kier molecular flexibility index (Phi) is 7.95. The Morgan fingerprint density at radius 2 is 1.72 bits per heavy atom. The molecular weight excluding hydrogens is 388 g/mol. The van der Waals surface area contributed by atoms with E-state index >= 15 is 0 Å². The molecule has 29 heavy (non-hydrogen) atoms. The maximum atomic E-state index is 12.9. The zero-order valence-electron chi connectivity index (χ0n) is 17.5. The molecule has 0 atom stereocenters. The number of ether oxygens (including phenoxy) is 1. The van der Waals surface area contributed by atoms with E-state index in [0.29, 0.717) is 36.9 Å². The van der Waals surface area contributed by atoms with Crippen molar-refractivity contribution in [2.24, 2.45) is 5.92 Å². The molecule has 1 aromatic carbocycles. The highest BCUT2D eigenvalue weighted by molar-refractivity contribution is 7.89. The SMILES string of the molecule is COc1ccc(S(=O)(=O)NCCC2CCCCCC2)cc1C(=O)N1CCCCC1. The molecule has 1 N–H and O–H groups in total. The van der Waals surface area contributed by atoms with Crippen molar-refractivity contribution in [3.63, 3.8) is 0 Å². The third kappa shape index (κ3) is 5.95. The van der Waals surface area contributed by atoms with Gasteiger partial charge in [0.2, 0.25) is 10.0 Å². The molecule has 162 valence electrons. The number of likely N-dealkylation sites (tertiary alicyclic amines) is 1. The Labute approximate surface area is 175 Å². The summed E-state index contributed by atoms with van der Waals surface area (Å²) in [5, 5.41) is 0. The number of amides is 1. The minimum Gasteiger partial charge on any atom is -0.496 e. The number of piperidine rings is 1. The predicted octanol–water partition coefficient (Wildman–Crippen LogP) is 3.96. The molecule has 1 aliphatic carbocycles. The molecule has 2 fully saturated rings. The lowest BCUT2D eigenvalue weighted by atomic mass is 9.97. The first-order chi connectivity index (χ1) is 14.0. The second-order valence-electron chi connectivity index (χ2n) is 8.26. The number of carbonyl (C=O) groups is 1. The normalized spacial score (nSPS) is 19.0. The quantitative estimate of drug-likeness (QED) is 0.675. The molecule has 3 rings (SSSR count). The first-order valence-electron chi connectivity index (χ1n) is 11.0. The summed E-state index contributed by atoms with van der Waals surface area (Å²) in [4.78, 5) is 14.9. The van der Waals surface area contributed by atoms with E-state index in [-0.39, 0.29) is 10.8 Å². The summed E-state index contributed by atoms with van der Waals surface area (Å²) in [6.45, 7) is 1.85. The summed E-state index contributed by atoms with van der Waals surface area (Å²) < 4.78 is 33.7. The topological polar surface area (TPSA) is 75.7 Å². The second-order valence-corrected chi connectivity index (χ2v) is 10.0. The van der Waals surface area contributed by atoms with E-state index in [1.165, 1.54) is 57.8 Å².